The van der Waals surface area contributed by atoms with Crippen LogP contribution in [0.1, 0.15) is 53.6 Å². The summed E-state index contributed by atoms with van der Waals surface area (Å²) >= 11 is 0. The fourth-order valence-corrected chi connectivity index (χ4v) is 2.10. The lowest BCUT2D eigenvalue weighted by Gasteiger charge is -2.19. The molecule has 0 bridgehead atoms. The Bertz CT molecular complexity index is 574. The molecule has 19 heavy (non-hydrogen) atoms. The van der Waals surface area contributed by atoms with Crippen molar-refractivity contribution in [2.45, 2.75) is 39.5 Å². The number of hydrogen-bond acceptors (Lipinski definition) is 2. The molecular weight excluding hydrogens is 236 g/mol. The van der Waals surface area contributed by atoms with E-state index in [1.807, 2.05) is 6.92 Å². The standard InChI is InChI=1S/C16H20N2O/c1-11-14(10-19)15(18-17-11)9-12-5-7-13(8-6-12)16(2,3)4/h5-8,10H,9H2,1-4H3,(H,17,18). The lowest BCUT2D eigenvalue weighted by molar-refractivity contribution is 0.112. The maximum Gasteiger partial charge on any atom is 0.153 e. The summed E-state index contributed by atoms with van der Waals surface area (Å²) in [5, 5.41) is 7.06. The van der Waals surface area contributed by atoms with E-state index in [1.165, 1.54) is 11.1 Å². The Labute approximate surface area is 114 Å². The third-order valence-corrected chi connectivity index (χ3v) is 3.38. The summed E-state index contributed by atoms with van der Waals surface area (Å²) in [6.45, 7) is 8.46. The van der Waals surface area contributed by atoms with Gasteiger partial charge in [0.2, 0.25) is 0 Å². The number of hydrogen-bond donors (Lipinski definition) is 1. The largest absolute Gasteiger partial charge is 0.298 e. The predicted molar refractivity (Wildman–Crippen MR) is 76.7 cm³/mol. The van der Waals surface area contributed by atoms with E-state index < -0.39 is 0 Å². The summed E-state index contributed by atoms with van der Waals surface area (Å²) in [6.07, 6.45) is 1.56. The molecule has 1 heterocycles. The number of aromatic nitrogens is 2. The maximum absolute atomic E-state index is 11.0. The van der Waals surface area contributed by atoms with Gasteiger partial charge in [-0.1, -0.05) is 45.0 Å². The van der Waals surface area contributed by atoms with Crippen molar-refractivity contribution in [3.05, 3.63) is 52.3 Å². The second-order valence-electron chi connectivity index (χ2n) is 5.95. The van der Waals surface area contributed by atoms with E-state index >= 15 is 0 Å². The van der Waals surface area contributed by atoms with E-state index in [2.05, 4.69) is 55.2 Å². The summed E-state index contributed by atoms with van der Waals surface area (Å²) in [5.41, 5.74) is 4.97. The Morgan fingerprint density at radius 2 is 1.84 bits per heavy atom. The maximum atomic E-state index is 11.0. The zero-order chi connectivity index (χ0) is 14.0. The quantitative estimate of drug-likeness (QED) is 0.855. The highest BCUT2D eigenvalue weighted by Crippen LogP contribution is 2.23. The van der Waals surface area contributed by atoms with Gasteiger partial charge in [0.1, 0.15) is 0 Å². The van der Waals surface area contributed by atoms with Crippen LogP contribution in [0.15, 0.2) is 24.3 Å². The normalized spacial score (nSPS) is 11.6. The molecule has 0 spiro atoms. The summed E-state index contributed by atoms with van der Waals surface area (Å²) < 4.78 is 0. The molecule has 100 valence electrons. The van der Waals surface area contributed by atoms with Crippen molar-refractivity contribution in [1.82, 2.24) is 10.2 Å². The van der Waals surface area contributed by atoms with E-state index in [-0.39, 0.29) is 5.41 Å². The van der Waals surface area contributed by atoms with E-state index in [0.717, 1.165) is 17.7 Å². The van der Waals surface area contributed by atoms with Crippen LogP contribution in [-0.2, 0) is 11.8 Å². The Hall–Kier alpha value is -1.90. The molecule has 0 aliphatic rings. The van der Waals surface area contributed by atoms with Crippen molar-refractivity contribution in [1.29, 1.82) is 0 Å². The summed E-state index contributed by atoms with van der Waals surface area (Å²) in [4.78, 5) is 11.0. The van der Waals surface area contributed by atoms with Crippen molar-refractivity contribution in [2.24, 2.45) is 0 Å². The topological polar surface area (TPSA) is 45.8 Å². The molecule has 0 aliphatic carbocycles. The van der Waals surface area contributed by atoms with Crippen molar-refractivity contribution < 1.29 is 4.79 Å². The highest BCUT2D eigenvalue weighted by Gasteiger charge is 2.14. The van der Waals surface area contributed by atoms with Crippen LogP contribution in [0.25, 0.3) is 0 Å². The fraction of sp³-hybridized carbons (Fsp3) is 0.375. The molecule has 0 fully saturated rings. The first-order valence-corrected chi connectivity index (χ1v) is 6.50. The van der Waals surface area contributed by atoms with Gasteiger partial charge < -0.3 is 0 Å². The zero-order valence-electron chi connectivity index (χ0n) is 11.9. The molecule has 0 saturated heterocycles. The van der Waals surface area contributed by atoms with Gasteiger partial charge in [0.25, 0.3) is 0 Å². The lowest BCUT2D eigenvalue weighted by atomic mass is 9.86. The Kier molecular flexibility index (Phi) is 3.56. The molecule has 0 radical (unpaired) electrons. The van der Waals surface area contributed by atoms with Gasteiger partial charge in [-0.25, -0.2) is 0 Å². The molecular formula is C16H20N2O. The monoisotopic (exact) mass is 256 g/mol. The van der Waals surface area contributed by atoms with Gasteiger partial charge in [0.15, 0.2) is 6.29 Å². The molecule has 0 atom stereocenters. The average molecular weight is 256 g/mol. The van der Waals surface area contributed by atoms with E-state index in [1.54, 1.807) is 0 Å². The number of rotatable bonds is 3. The first-order chi connectivity index (χ1) is 8.91. The van der Waals surface area contributed by atoms with E-state index in [4.69, 9.17) is 0 Å². The van der Waals surface area contributed by atoms with Crippen molar-refractivity contribution in [3.63, 3.8) is 0 Å². The van der Waals surface area contributed by atoms with Crippen molar-refractivity contribution in [3.8, 4) is 0 Å². The Morgan fingerprint density at radius 3 is 2.37 bits per heavy atom. The number of aryl methyl sites for hydroxylation is 1. The summed E-state index contributed by atoms with van der Waals surface area (Å²) in [5.74, 6) is 0. The van der Waals surface area contributed by atoms with Gasteiger partial charge in [0, 0.05) is 12.1 Å². The van der Waals surface area contributed by atoms with Gasteiger partial charge in [-0.15, -0.1) is 0 Å². The Balaban J connectivity index is 2.22. The molecule has 0 unspecified atom stereocenters. The minimum Gasteiger partial charge on any atom is -0.298 e. The second-order valence-corrected chi connectivity index (χ2v) is 5.95. The molecule has 3 heteroatoms. The smallest absolute Gasteiger partial charge is 0.153 e. The number of nitrogens with zero attached hydrogens (tertiary/aromatic N) is 1. The first-order valence-electron chi connectivity index (χ1n) is 6.50. The number of benzene rings is 1. The number of carbonyl (C=O) groups is 1. The molecule has 3 nitrogen and oxygen atoms in total. The van der Waals surface area contributed by atoms with Crippen LogP contribution in [0.5, 0.6) is 0 Å². The third-order valence-electron chi connectivity index (χ3n) is 3.38. The second kappa shape index (κ2) is 5.00. The number of carbonyl (C=O) groups excluding carboxylic acids is 1. The van der Waals surface area contributed by atoms with Gasteiger partial charge >= 0.3 is 0 Å². The molecule has 1 aromatic heterocycles. The van der Waals surface area contributed by atoms with Gasteiger partial charge in [-0.05, 0) is 23.5 Å². The molecule has 0 amide bonds. The van der Waals surface area contributed by atoms with Crippen molar-refractivity contribution >= 4 is 6.29 Å². The van der Waals surface area contributed by atoms with Crippen LogP contribution in [0.3, 0.4) is 0 Å². The van der Waals surface area contributed by atoms with Gasteiger partial charge in [-0.3, -0.25) is 9.89 Å². The van der Waals surface area contributed by atoms with Crippen molar-refractivity contribution in [2.75, 3.05) is 0 Å². The number of aldehydes is 1. The summed E-state index contributed by atoms with van der Waals surface area (Å²) in [6, 6.07) is 8.52. The predicted octanol–water partition coefficient (Wildman–Crippen LogP) is 3.42. The van der Waals surface area contributed by atoms with E-state index in [9.17, 15) is 4.79 Å². The minimum absolute atomic E-state index is 0.162. The summed E-state index contributed by atoms with van der Waals surface area (Å²) in [7, 11) is 0. The van der Waals surface area contributed by atoms with Crippen LogP contribution >= 0.6 is 0 Å². The number of nitrogens with one attached hydrogen (secondary N) is 1. The van der Waals surface area contributed by atoms with Crippen LogP contribution in [0, 0.1) is 6.92 Å². The molecule has 1 N–H and O–H groups in total. The fourth-order valence-electron chi connectivity index (χ4n) is 2.10. The van der Waals surface area contributed by atoms with E-state index in [0.29, 0.717) is 12.0 Å². The first kappa shape index (κ1) is 13.5. The van der Waals surface area contributed by atoms with Crippen LogP contribution in [-0.4, -0.2) is 16.5 Å². The molecule has 2 aromatic rings. The third kappa shape index (κ3) is 2.92. The number of aromatic amines is 1. The zero-order valence-corrected chi connectivity index (χ0v) is 11.9. The SMILES string of the molecule is Cc1[nH]nc(Cc2ccc(C(C)(C)C)cc2)c1C=O. The average Bonchev–Trinajstić information content (AvgIpc) is 2.69. The Morgan fingerprint density at radius 1 is 1.21 bits per heavy atom. The minimum atomic E-state index is 0.162. The molecule has 0 aliphatic heterocycles. The van der Waals surface area contributed by atoms with Crippen LogP contribution in [0.2, 0.25) is 0 Å². The highest BCUT2D eigenvalue weighted by atomic mass is 16.1. The van der Waals surface area contributed by atoms with Crippen LogP contribution in [0.4, 0.5) is 0 Å². The van der Waals surface area contributed by atoms with Gasteiger partial charge in [0.05, 0.1) is 11.3 Å². The van der Waals surface area contributed by atoms with Crippen LogP contribution < -0.4 is 0 Å². The lowest BCUT2D eigenvalue weighted by Crippen LogP contribution is -2.10. The van der Waals surface area contributed by atoms with Gasteiger partial charge in [-0.2, -0.15) is 5.10 Å². The highest BCUT2D eigenvalue weighted by molar-refractivity contribution is 5.78. The molecule has 0 saturated carbocycles. The molecule has 1 aromatic carbocycles. The molecule has 2 rings (SSSR count). The number of H-pyrrole nitrogens is 1.